The van der Waals surface area contributed by atoms with E-state index >= 15 is 0 Å². The van der Waals surface area contributed by atoms with E-state index in [0.717, 1.165) is 5.52 Å². The summed E-state index contributed by atoms with van der Waals surface area (Å²) in [6, 6.07) is 10.5. The van der Waals surface area contributed by atoms with Crippen molar-refractivity contribution in [1.29, 1.82) is 0 Å². The highest BCUT2D eigenvalue weighted by Gasteiger charge is 2.16. The maximum atomic E-state index is 11.3. The van der Waals surface area contributed by atoms with Crippen molar-refractivity contribution >= 4 is 40.1 Å². The number of para-hydroxylation sites is 1. The van der Waals surface area contributed by atoms with E-state index in [9.17, 15) is 9.90 Å². The van der Waals surface area contributed by atoms with E-state index in [1.807, 2.05) is 12.1 Å². The van der Waals surface area contributed by atoms with Crippen molar-refractivity contribution < 1.29 is 9.90 Å². The van der Waals surface area contributed by atoms with Gasteiger partial charge in [-0.2, -0.15) is 5.10 Å². The van der Waals surface area contributed by atoms with Gasteiger partial charge < -0.3 is 5.11 Å². The van der Waals surface area contributed by atoms with E-state index in [1.165, 1.54) is 0 Å². The monoisotopic (exact) mass is 321 g/mol. The van der Waals surface area contributed by atoms with E-state index in [0.29, 0.717) is 22.6 Å². The van der Waals surface area contributed by atoms with Crippen molar-refractivity contribution in [3.63, 3.8) is 0 Å². The maximum absolute atomic E-state index is 11.3. The van der Waals surface area contributed by atoms with Gasteiger partial charge in [0.15, 0.2) is 5.69 Å². The Bertz CT molecular complexity index is 845. The number of hydrogen-bond acceptors (Lipinski definition) is 3. The summed E-state index contributed by atoms with van der Waals surface area (Å²) >= 11 is 11.8. The lowest BCUT2D eigenvalue weighted by atomic mass is 10.2. The van der Waals surface area contributed by atoms with Crippen LogP contribution in [-0.4, -0.2) is 25.8 Å². The van der Waals surface area contributed by atoms with Crippen LogP contribution in [0.3, 0.4) is 0 Å². The van der Waals surface area contributed by atoms with Gasteiger partial charge in [-0.1, -0.05) is 47.5 Å². The van der Waals surface area contributed by atoms with Crippen LogP contribution < -0.4 is 0 Å². The molecule has 0 fully saturated rings. The number of aromatic carboxylic acids is 1. The third-order valence-corrected chi connectivity index (χ3v) is 3.61. The molecule has 1 N–H and O–H groups in total. The summed E-state index contributed by atoms with van der Waals surface area (Å²) in [7, 11) is 0. The second-order valence-electron chi connectivity index (χ2n) is 4.41. The van der Waals surface area contributed by atoms with E-state index < -0.39 is 5.97 Å². The first-order chi connectivity index (χ1) is 10.1. The second kappa shape index (κ2) is 5.35. The normalized spacial score (nSPS) is 11.0. The first-order valence-electron chi connectivity index (χ1n) is 6.06. The Morgan fingerprint density at radius 2 is 1.95 bits per heavy atom. The standard InChI is InChI=1S/C14H9Cl2N3O2/c15-11-6-5-8(13(16)17-11)7-19-10-4-2-1-3-9(10)12(18-19)14(20)21/h1-6H,7H2,(H,20,21). The van der Waals surface area contributed by atoms with Gasteiger partial charge in [-0.15, -0.1) is 0 Å². The maximum Gasteiger partial charge on any atom is 0.357 e. The number of carboxylic acids is 1. The molecule has 0 spiro atoms. The molecule has 0 aliphatic carbocycles. The average molecular weight is 322 g/mol. The van der Waals surface area contributed by atoms with Crippen molar-refractivity contribution in [2.24, 2.45) is 0 Å². The Morgan fingerprint density at radius 1 is 1.19 bits per heavy atom. The molecule has 0 saturated heterocycles. The minimum absolute atomic E-state index is 0.0173. The lowest BCUT2D eigenvalue weighted by Gasteiger charge is -2.05. The first kappa shape index (κ1) is 13.9. The van der Waals surface area contributed by atoms with Crippen LogP contribution in [-0.2, 0) is 6.54 Å². The van der Waals surface area contributed by atoms with Crippen molar-refractivity contribution in [3.8, 4) is 0 Å². The fourth-order valence-electron chi connectivity index (χ4n) is 2.13. The van der Waals surface area contributed by atoms with Gasteiger partial charge >= 0.3 is 5.97 Å². The van der Waals surface area contributed by atoms with Gasteiger partial charge in [0.1, 0.15) is 10.3 Å². The quantitative estimate of drug-likeness (QED) is 0.750. The zero-order valence-corrected chi connectivity index (χ0v) is 12.1. The Hall–Kier alpha value is -2.11. The zero-order chi connectivity index (χ0) is 15.0. The number of nitrogens with zero attached hydrogens (tertiary/aromatic N) is 3. The summed E-state index contributed by atoms with van der Waals surface area (Å²) in [5.74, 6) is -1.06. The van der Waals surface area contributed by atoms with E-state index in [-0.39, 0.29) is 10.8 Å². The van der Waals surface area contributed by atoms with Crippen LogP contribution in [0.5, 0.6) is 0 Å². The summed E-state index contributed by atoms with van der Waals surface area (Å²) < 4.78 is 1.59. The third-order valence-electron chi connectivity index (χ3n) is 3.07. The number of carboxylic acid groups (broad SMARTS) is 1. The van der Waals surface area contributed by atoms with E-state index in [4.69, 9.17) is 23.2 Å². The summed E-state index contributed by atoms with van der Waals surface area (Å²) in [6.07, 6.45) is 0. The van der Waals surface area contributed by atoms with Gasteiger partial charge in [-0.25, -0.2) is 9.78 Å². The topological polar surface area (TPSA) is 68.0 Å². The number of aromatic nitrogens is 3. The molecule has 21 heavy (non-hydrogen) atoms. The number of benzene rings is 1. The predicted octanol–water partition coefficient (Wildman–Crippen LogP) is 3.48. The number of carbonyl (C=O) groups is 1. The van der Waals surface area contributed by atoms with Crippen molar-refractivity contribution in [3.05, 3.63) is 58.0 Å². The molecule has 0 saturated carbocycles. The van der Waals surface area contributed by atoms with Crippen molar-refractivity contribution in [2.45, 2.75) is 6.54 Å². The summed E-state index contributed by atoms with van der Waals surface area (Å²) in [4.78, 5) is 15.2. The molecule has 7 heteroatoms. The van der Waals surface area contributed by atoms with Gasteiger partial charge in [0, 0.05) is 10.9 Å². The van der Waals surface area contributed by atoms with Crippen LogP contribution in [0.15, 0.2) is 36.4 Å². The molecule has 0 bridgehead atoms. The molecule has 3 rings (SSSR count). The van der Waals surface area contributed by atoms with Gasteiger partial charge in [-0.05, 0) is 12.1 Å². The second-order valence-corrected chi connectivity index (χ2v) is 5.16. The van der Waals surface area contributed by atoms with Crippen LogP contribution in [0.2, 0.25) is 10.3 Å². The number of fused-ring (bicyclic) bond motifs is 1. The molecule has 0 atom stereocenters. The summed E-state index contributed by atoms with van der Waals surface area (Å²) in [5, 5.41) is 14.5. The van der Waals surface area contributed by atoms with Crippen LogP contribution in [0.25, 0.3) is 10.9 Å². The Kier molecular flexibility index (Phi) is 3.53. The molecule has 0 unspecified atom stereocenters. The molecule has 3 aromatic rings. The van der Waals surface area contributed by atoms with Crippen molar-refractivity contribution in [1.82, 2.24) is 14.8 Å². The van der Waals surface area contributed by atoms with Gasteiger partial charge in [0.25, 0.3) is 0 Å². The molecule has 0 radical (unpaired) electrons. The molecule has 5 nitrogen and oxygen atoms in total. The number of hydrogen-bond donors (Lipinski definition) is 1. The van der Waals surface area contributed by atoms with E-state index in [1.54, 1.807) is 28.9 Å². The highest BCUT2D eigenvalue weighted by Crippen LogP contribution is 2.22. The van der Waals surface area contributed by atoms with Crippen LogP contribution in [0.4, 0.5) is 0 Å². The summed E-state index contributed by atoms with van der Waals surface area (Å²) in [5.41, 5.74) is 1.45. The molecular formula is C14H9Cl2N3O2. The zero-order valence-electron chi connectivity index (χ0n) is 10.6. The predicted molar refractivity (Wildman–Crippen MR) is 80.1 cm³/mol. The molecular weight excluding hydrogens is 313 g/mol. The average Bonchev–Trinajstić information content (AvgIpc) is 2.81. The highest BCUT2D eigenvalue weighted by atomic mass is 35.5. The van der Waals surface area contributed by atoms with Crippen LogP contribution >= 0.6 is 23.2 Å². The SMILES string of the molecule is O=C(O)c1nn(Cc2ccc(Cl)nc2Cl)c2ccccc12. The van der Waals surface area contributed by atoms with Gasteiger partial charge in [-0.3, -0.25) is 4.68 Å². The Balaban J connectivity index is 2.10. The number of halogens is 2. The smallest absolute Gasteiger partial charge is 0.357 e. The molecule has 0 amide bonds. The summed E-state index contributed by atoms with van der Waals surface area (Å²) in [6.45, 7) is 0.316. The third kappa shape index (κ3) is 2.57. The molecule has 106 valence electrons. The highest BCUT2D eigenvalue weighted by molar-refractivity contribution is 6.32. The molecule has 0 aliphatic rings. The lowest BCUT2D eigenvalue weighted by molar-refractivity contribution is 0.0691. The van der Waals surface area contributed by atoms with Gasteiger partial charge in [0.05, 0.1) is 12.1 Å². The Labute approximate surface area is 129 Å². The van der Waals surface area contributed by atoms with Crippen LogP contribution in [0.1, 0.15) is 16.1 Å². The minimum atomic E-state index is -1.06. The Morgan fingerprint density at radius 3 is 2.67 bits per heavy atom. The van der Waals surface area contributed by atoms with Gasteiger partial charge in [0.2, 0.25) is 0 Å². The first-order valence-corrected chi connectivity index (χ1v) is 6.81. The number of pyridine rings is 1. The fourth-order valence-corrected chi connectivity index (χ4v) is 2.53. The molecule has 2 aromatic heterocycles. The number of rotatable bonds is 3. The fraction of sp³-hybridized carbons (Fsp3) is 0.0714. The lowest BCUT2D eigenvalue weighted by Crippen LogP contribution is -2.05. The minimum Gasteiger partial charge on any atom is -0.476 e. The molecule has 0 aliphatic heterocycles. The molecule has 1 aromatic carbocycles. The molecule has 2 heterocycles. The van der Waals surface area contributed by atoms with Crippen LogP contribution in [0, 0.1) is 0 Å². The largest absolute Gasteiger partial charge is 0.476 e. The van der Waals surface area contributed by atoms with E-state index in [2.05, 4.69) is 10.1 Å². The van der Waals surface area contributed by atoms with Crippen molar-refractivity contribution in [2.75, 3.05) is 0 Å².